The van der Waals surface area contributed by atoms with Crippen molar-refractivity contribution in [3.05, 3.63) is 47.3 Å². The third-order valence-electron chi connectivity index (χ3n) is 4.56. The second kappa shape index (κ2) is 7.03. The first kappa shape index (κ1) is 15.2. The molecule has 22 heavy (non-hydrogen) atoms. The highest BCUT2D eigenvalue weighted by Gasteiger charge is 2.26. The molecule has 1 heterocycles. The van der Waals surface area contributed by atoms with E-state index in [1.165, 1.54) is 30.4 Å². The molecule has 2 aromatic rings. The predicted octanol–water partition coefficient (Wildman–Crippen LogP) is 2.08. The summed E-state index contributed by atoms with van der Waals surface area (Å²) in [6, 6.07) is 9.19. The van der Waals surface area contributed by atoms with Crippen molar-refractivity contribution in [2.75, 3.05) is 13.2 Å². The summed E-state index contributed by atoms with van der Waals surface area (Å²) in [5.74, 6) is 0. The zero-order valence-corrected chi connectivity index (χ0v) is 13.1. The molecule has 5 heteroatoms. The van der Waals surface area contributed by atoms with Gasteiger partial charge in [0.2, 0.25) is 0 Å². The van der Waals surface area contributed by atoms with Crippen molar-refractivity contribution in [2.24, 2.45) is 7.05 Å². The summed E-state index contributed by atoms with van der Waals surface area (Å²) in [7, 11) is 1.93. The van der Waals surface area contributed by atoms with Crippen molar-refractivity contribution < 1.29 is 5.11 Å². The molecule has 1 unspecified atom stereocenters. The van der Waals surface area contributed by atoms with Crippen LogP contribution in [0.1, 0.15) is 42.1 Å². The predicted molar refractivity (Wildman–Crippen MR) is 85.2 cm³/mol. The van der Waals surface area contributed by atoms with E-state index in [0.717, 1.165) is 25.2 Å². The van der Waals surface area contributed by atoms with Crippen LogP contribution in [0.4, 0.5) is 0 Å². The molecule has 1 aromatic carbocycles. The highest BCUT2D eigenvalue weighted by atomic mass is 16.3. The van der Waals surface area contributed by atoms with Crippen LogP contribution < -0.4 is 0 Å². The van der Waals surface area contributed by atoms with Crippen LogP contribution in [0, 0.1) is 0 Å². The van der Waals surface area contributed by atoms with Crippen LogP contribution in [-0.2, 0) is 20.0 Å². The van der Waals surface area contributed by atoms with Gasteiger partial charge in [-0.05, 0) is 36.8 Å². The van der Waals surface area contributed by atoms with Gasteiger partial charge in [0.25, 0.3) is 0 Å². The minimum atomic E-state index is 0.231. The molecule has 0 saturated carbocycles. The average Bonchev–Trinajstić information content (AvgIpc) is 2.96. The fourth-order valence-corrected chi connectivity index (χ4v) is 3.39. The van der Waals surface area contributed by atoms with Gasteiger partial charge in [-0.2, -0.15) is 0 Å². The van der Waals surface area contributed by atoms with E-state index in [9.17, 15) is 5.11 Å². The molecular weight excluding hydrogens is 276 g/mol. The minimum Gasteiger partial charge on any atom is -0.396 e. The van der Waals surface area contributed by atoms with E-state index < -0.39 is 0 Å². The molecule has 1 N–H and O–H groups in total. The van der Waals surface area contributed by atoms with Crippen molar-refractivity contribution in [3.8, 4) is 0 Å². The van der Waals surface area contributed by atoms with Crippen LogP contribution in [0.2, 0.25) is 0 Å². The van der Waals surface area contributed by atoms with Crippen LogP contribution in [0.5, 0.6) is 0 Å². The lowest BCUT2D eigenvalue weighted by Gasteiger charge is -2.35. The van der Waals surface area contributed by atoms with Gasteiger partial charge in [0, 0.05) is 32.8 Å². The SMILES string of the molecule is Cn1nncc1CN(CCCO)C1CCCc2ccccc21. The molecule has 1 aliphatic carbocycles. The van der Waals surface area contributed by atoms with Gasteiger partial charge in [-0.3, -0.25) is 9.58 Å². The molecule has 0 aliphatic heterocycles. The normalized spacial score (nSPS) is 17.7. The number of aromatic nitrogens is 3. The van der Waals surface area contributed by atoms with Crippen molar-refractivity contribution >= 4 is 0 Å². The Hall–Kier alpha value is -1.72. The maximum absolute atomic E-state index is 9.23. The molecule has 0 radical (unpaired) electrons. The fraction of sp³-hybridized carbons (Fsp3) is 0.529. The molecule has 5 nitrogen and oxygen atoms in total. The zero-order valence-electron chi connectivity index (χ0n) is 13.1. The molecule has 0 saturated heterocycles. The quantitative estimate of drug-likeness (QED) is 0.887. The lowest BCUT2D eigenvalue weighted by molar-refractivity contribution is 0.148. The molecule has 1 aromatic heterocycles. The van der Waals surface area contributed by atoms with Crippen molar-refractivity contribution in [1.82, 2.24) is 19.9 Å². The Morgan fingerprint density at radius 1 is 1.36 bits per heavy atom. The molecule has 0 amide bonds. The number of hydrogen-bond acceptors (Lipinski definition) is 4. The van der Waals surface area contributed by atoms with Gasteiger partial charge in [0.05, 0.1) is 11.9 Å². The van der Waals surface area contributed by atoms with Gasteiger partial charge in [-0.15, -0.1) is 5.10 Å². The fourth-order valence-electron chi connectivity index (χ4n) is 3.39. The number of benzene rings is 1. The Kier molecular flexibility index (Phi) is 4.85. The number of fused-ring (bicyclic) bond motifs is 1. The highest BCUT2D eigenvalue weighted by Crippen LogP contribution is 2.35. The lowest BCUT2D eigenvalue weighted by atomic mass is 9.86. The zero-order chi connectivity index (χ0) is 15.4. The summed E-state index contributed by atoms with van der Waals surface area (Å²) in [5, 5.41) is 17.2. The topological polar surface area (TPSA) is 54.2 Å². The first-order chi connectivity index (χ1) is 10.8. The van der Waals surface area contributed by atoms with E-state index in [4.69, 9.17) is 0 Å². The number of hydrogen-bond donors (Lipinski definition) is 1. The molecule has 118 valence electrons. The van der Waals surface area contributed by atoms with Gasteiger partial charge in [-0.1, -0.05) is 29.5 Å². The Morgan fingerprint density at radius 3 is 3.00 bits per heavy atom. The third kappa shape index (κ3) is 3.20. The Balaban J connectivity index is 1.84. The number of aliphatic hydroxyl groups excluding tert-OH is 1. The van der Waals surface area contributed by atoms with Crippen molar-refractivity contribution in [1.29, 1.82) is 0 Å². The van der Waals surface area contributed by atoms with Gasteiger partial charge in [0.15, 0.2) is 0 Å². The van der Waals surface area contributed by atoms with Gasteiger partial charge >= 0.3 is 0 Å². The summed E-state index contributed by atoms with van der Waals surface area (Å²) in [4.78, 5) is 2.47. The Labute approximate surface area is 131 Å². The largest absolute Gasteiger partial charge is 0.396 e. The standard InChI is InChI=1S/C17H24N4O/c1-20-15(12-18-19-20)13-21(10-5-11-22)17-9-4-7-14-6-2-3-8-16(14)17/h2-3,6,8,12,17,22H,4-5,7,9-11,13H2,1H3. The molecule has 0 fully saturated rings. The molecule has 1 atom stereocenters. The maximum atomic E-state index is 9.23. The Morgan fingerprint density at radius 2 is 2.23 bits per heavy atom. The molecular formula is C17H24N4O. The monoisotopic (exact) mass is 300 g/mol. The van der Waals surface area contributed by atoms with E-state index in [0.29, 0.717) is 6.04 Å². The van der Waals surface area contributed by atoms with Gasteiger partial charge in [-0.25, -0.2) is 0 Å². The number of aliphatic hydroxyl groups is 1. The van der Waals surface area contributed by atoms with Gasteiger partial charge in [0.1, 0.15) is 0 Å². The smallest absolute Gasteiger partial charge is 0.0738 e. The Bertz CT molecular complexity index is 610. The number of nitrogens with zero attached hydrogens (tertiary/aromatic N) is 4. The number of rotatable bonds is 6. The second-order valence-corrected chi connectivity index (χ2v) is 6.00. The summed E-state index contributed by atoms with van der Waals surface area (Å²) < 4.78 is 1.83. The lowest BCUT2D eigenvalue weighted by Crippen LogP contribution is -2.33. The maximum Gasteiger partial charge on any atom is 0.0738 e. The molecule has 3 rings (SSSR count). The van der Waals surface area contributed by atoms with Crippen LogP contribution in [0.15, 0.2) is 30.5 Å². The van der Waals surface area contributed by atoms with E-state index in [-0.39, 0.29) is 6.61 Å². The first-order valence-corrected chi connectivity index (χ1v) is 8.06. The van der Waals surface area contributed by atoms with Crippen LogP contribution in [0.25, 0.3) is 0 Å². The molecule has 1 aliphatic rings. The minimum absolute atomic E-state index is 0.231. The second-order valence-electron chi connectivity index (χ2n) is 6.00. The van der Waals surface area contributed by atoms with E-state index >= 15 is 0 Å². The molecule has 0 spiro atoms. The van der Waals surface area contributed by atoms with E-state index in [1.807, 2.05) is 17.9 Å². The van der Waals surface area contributed by atoms with E-state index in [2.05, 4.69) is 39.5 Å². The average molecular weight is 300 g/mol. The summed E-state index contributed by atoms with van der Waals surface area (Å²) in [5.41, 5.74) is 4.03. The summed E-state index contributed by atoms with van der Waals surface area (Å²) >= 11 is 0. The highest BCUT2D eigenvalue weighted by molar-refractivity contribution is 5.32. The van der Waals surface area contributed by atoms with Crippen molar-refractivity contribution in [3.63, 3.8) is 0 Å². The first-order valence-electron chi connectivity index (χ1n) is 8.06. The van der Waals surface area contributed by atoms with Crippen LogP contribution in [0.3, 0.4) is 0 Å². The van der Waals surface area contributed by atoms with Crippen LogP contribution >= 0.6 is 0 Å². The van der Waals surface area contributed by atoms with E-state index in [1.54, 1.807) is 0 Å². The van der Waals surface area contributed by atoms with Crippen LogP contribution in [-0.4, -0.2) is 38.2 Å². The number of aryl methyl sites for hydroxylation is 2. The summed E-state index contributed by atoms with van der Waals surface area (Å²) in [6.45, 7) is 1.94. The third-order valence-corrected chi connectivity index (χ3v) is 4.56. The van der Waals surface area contributed by atoms with Gasteiger partial charge < -0.3 is 5.11 Å². The summed E-state index contributed by atoms with van der Waals surface area (Å²) in [6.07, 6.45) is 6.20. The van der Waals surface area contributed by atoms with Crippen molar-refractivity contribution in [2.45, 2.75) is 38.3 Å². The molecule has 0 bridgehead atoms.